The predicted octanol–water partition coefficient (Wildman–Crippen LogP) is 12.3. The standard InChI is InChI=1S/C35H24N2.C15H14N2/c1-23-9-11-26(12-10-23)32-21-19-28-17-18-29-20-22-33(37-35(29)34(28)36-32)27-15-13-25(14-16-27)31-8-4-6-24-5-2-3-7-30(24)31;16-14(12-7-3-1-4-8-12)11-15(17)13-9-5-2-6-10-13/h2-22H,1H3;1-11,16H,17H2/b;15-11-,16-14?. The van der Waals surface area contributed by atoms with Gasteiger partial charge in [-0.2, -0.15) is 0 Å². The van der Waals surface area contributed by atoms with Gasteiger partial charge in [-0.15, -0.1) is 0 Å². The summed E-state index contributed by atoms with van der Waals surface area (Å²) in [5, 5.41) is 12.7. The van der Waals surface area contributed by atoms with Gasteiger partial charge < -0.3 is 11.1 Å². The zero-order valence-corrected chi connectivity index (χ0v) is 29.9. The number of nitrogens with zero attached hydrogens (tertiary/aromatic N) is 2. The van der Waals surface area contributed by atoms with E-state index >= 15 is 0 Å². The highest BCUT2D eigenvalue weighted by atomic mass is 14.8. The summed E-state index contributed by atoms with van der Waals surface area (Å²) in [4.78, 5) is 10.2. The molecule has 0 atom stereocenters. The van der Waals surface area contributed by atoms with Crippen molar-refractivity contribution in [2.45, 2.75) is 6.92 Å². The average molecular weight is 695 g/mol. The van der Waals surface area contributed by atoms with Gasteiger partial charge in [0.15, 0.2) is 0 Å². The van der Waals surface area contributed by atoms with Crippen LogP contribution in [0.4, 0.5) is 0 Å². The molecule has 3 N–H and O–H groups in total. The van der Waals surface area contributed by atoms with Crippen LogP contribution in [0, 0.1) is 12.3 Å². The third-order valence-electron chi connectivity index (χ3n) is 9.64. The van der Waals surface area contributed by atoms with Gasteiger partial charge >= 0.3 is 0 Å². The molecular weight excluding hydrogens is 657 g/mol. The Hall–Kier alpha value is -7.17. The lowest BCUT2D eigenvalue weighted by atomic mass is 9.97. The largest absolute Gasteiger partial charge is 0.398 e. The summed E-state index contributed by atoms with van der Waals surface area (Å²) in [7, 11) is 0. The molecule has 4 heteroatoms. The van der Waals surface area contributed by atoms with Gasteiger partial charge in [0.05, 0.1) is 28.1 Å². The second-order valence-corrected chi connectivity index (χ2v) is 13.3. The fourth-order valence-corrected chi connectivity index (χ4v) is 6.68. The van der Waals surface area contributed by atoms with E-state index in [-0.39, 0.29) is 0 Å². The van der Waals surface area contributed by atoms with Gasteiger partial charge in [0.25, 0.3) is 0 Å². The first-order chi connectivity index (χ1) is 26.5. The number of fused-ring (bicyclic) bond motifs is 4. The normalized spacial score (nSPS) is 11.3. The first-order valence-electron chi connectivity index (χ1n) is 18.0. The second-order valence-electron chi connectivity index (χ2n) is 13.3. The monoisotopic (exact) mass is 694 g/mol. The molecule has 0 amide bonds. The van der Waals surface area contributed by atoms with Gasteiger partial charge in [-0.1, -0.05) is 181 Å². The predicted molar refractivity (Wildman–Crippen MR) is 227 cm³/mol. The van der Waals surface area contributed by atoms with Crippen LogP contribution in [0.3, 0.4) is 0 Å². The topological polar surface area (TPSA) is 75.7 Å². The van der Waals surface area contributed by atoms with Crippen molar-refractivity contribution >= 4 is 44.0 Å². The molecule has 0 unspecified atom stereocenters. The molecule has 258 valence electrons. The number of benzene rings is 7. The van der Waals surface area contributed by atoms with E-state index in [0.717, 1.165) is 55.4 Å². The van der Waals surface area contributed by atoms with Crippen molar-refractivity contribution in [1.82, 2.24) is 9.97 Å². The van der Waals surface area contributed by atoms with E-state index in [4.69, 9.17) is 21.1 Å². The lowest BCUT2D eigenvalue weighted by molar-refractivity contribution is 1.36. The van der Waals surface area contributed by atoms with E-state index in [1.807, 2.05) is 60.7 Å². The maximum Gasteiger partial charge on any atom is 0.0972 e. The highest BCUT2D eigenvalue weighted by molar-refractivity contribution is 6.10. The number of nitrogens with one attached hydrogen (secondary N) is 1. The van der Waals surface area contributed by atoms with Crippen LogP contribution in [0.1, 0.15) is 16.7 Å². The minimum absolute atomic E-state index is 0.423. The number of nitrogens with two attached hydrogens (primary N) is 1. The van der Waals surface area contributed by atoms with Crippen molar-refractivity contribution in [2.24, 2.45) is 5.73 Å². The summed E-state index contributed by atoms with van der Waals surface area (Å²) in [5.41, 5.74) is 18.5. The highest BCUT2D eigenvalue weighted by Gasteiger charge is 2.10. The third-order valence-corrected chi connectivity index (χ3v) is 9.64. The molecule has 2 aromatic heterocycles. The van der Waals surface area contributed by atoms with Gasteiger partial charge in [0, 0.05) is 27.6 Å². The number of aromatic nitrogens is 2. The van der Waals surface area contributed by atoms with Crippen LogP contribution in [-0.4, -0.2) is 15.7 Å². The van der Waals surface area contributed by atoms with Crippen LogP contribution in [0.2, 0.25) is 0 Å². The number of rotatable bonds is 6. The Morgan fingerprint density at radius 3 is 1.56 bits per heavy atom. The minimum atomic E-state index is 0.423. The summed E-state index contributed by atoms with van der Waals surface area (Å²) in [6, 6.07) is 64.2. The molecule has 0 aliphatic heterocycles. The van der Waals surface area contributed by atoms with Crippen LogP contribution in [0.15, 0.2) is 194 Å². The first-order valence-corrected chi connectivity index (χ1v) is 18.0. The van der Waals surface area contributed by atoms with Crippen molar-refractivity contribution in [2.75, 3.05) is 0 Å². The maximum absolute atomic E-state index is 7.95. The number of allylic oxidation sites excluding steroid dienone is 1. The van der Waals surface area contributed by atoms with E-state index in [1.54, 1.807) is 6.08 Å². The molecule has 9 aromatic rings. The van der Waals surface area contributed by atoms with E-state index < -0.39 is 0 Å². The Kier molecular flexibility index (Phi) is 9.56. The smallest absolute Gasteiger partial charge is 0.0972 e. The highest BCUT2D eigenvalue weighted by Crippen LogP contribution is 2.32. The second kappa shape index (κ2) is 15.2. The molecule has 2 heterocycles. The molecule has 0 saturated heterocycles. The molecule has 54 heavy (non-hydrogen) atoms. The Balaban J connectivity index is 0.000000204. The van der Waals surface area contributed by atoms with Crippen LogP contribution >= 0.6 is 0 Å². The Bertz CT molecular complexity index is 2760. The molecule has 0 aliphatic rings. The SMILES string of the molecule is Cc1ccc(-c2ccc3ccc4ccc(-c5ccc(-c6cccc7ccccc67)cc5)nc4c3n2)cc1.N=C(/C=C(\N)c1ccccc1)c1ccccc1. The van der Waals surface area contributed by atoms with Gasteiger partial charge in [-0.3, -0.25) is 0 Å². The van der Waals surface area contributed by atoms with E-state index in [2.05, 4.69) is 134 Å². The molecule has 0 radical (unpaired) electrons. The lowest BCUT2D eigenvalue weighted by Crippen LogP contribution is -2.02. The van der Waals surface area contributed by atoms with Gasteiger partial charge in [0.1, 0.15) is 0 Å². The molecule has 0 saturated carbocycles. The summed E-state index contributed by atoms with van der Waals surface area (Å²) in [5.74, 6) is 0. The zero-order valence-electron chi connectivity index (χ0n) is 29.9. The van der Waals surface area contributed by atoms with Gasteiger partial charge in [-0.25, -0.2) is 9.97 Å². The molecular formula is C50H38N4. The molecule has 9 rings (SSSR count). The quantitative estimate of drug-likeness (QED) is 0.134. The summed E-state index contributed by atoms with van der Waals surface area (Å²) < 4.78 is 0. The zero-order chi connectivity index (χ0) is 36.9. The van der Waals surface area contributed by atoms with E-state index in [1.165, 1.54) is 27.5 Å². The van der Waals surface area contributed by atoms with Crippen LogP contribution < -0.4 is 5.73 Å². The Morgan fingerprint density at radius 2 is 0.944 bits per heavy atom. The fourth-order valence-electron chi connectivity index (χ4n) is 6.68. The summed E-state index contributed by atoms with van der Waals surface area (Å²) in [6.07, 6.45) is 1.69. The van der Waals surface area contributed by atoms with Crippen LogP contribution in [-0.2, 0) is 0 Å². The van der Waals surface area contributed by atoms with Crippen LogP contribution in [0.25, 0.3) is 71.9 Å². The Morgan fingerprint density at radius 1 is 0.463 bits per heavy atom. The average Bonchev–Trinajstić information content (AvgIpc) is 3.24. The van der Waals surface area contributed by atoms with Crippen molar-refractivity contribution in [1.29, 1.82) is 5.41 Å². The molecule has 0 bridgehead atoms. The summed E-state index contributed by atoms with van der Waals surface area (Å²) >= 11 is 0. The Labute approximate surface area is 315 Å². The molecule has 0 spiro atoms. The maximum atomic E-state index is 7.95. The lowest BCUT2D eigenvalue weighted by Gasteiger charge is -2.10. The van der Waals surface area contributed by atoms with Crippen LogP contribution in [0.5, 0.6) is 0 Å². The molecule has 0 fully saturated rings. The van der Waals surface area contributed by atoms with Crippen molar-refractivity contribution in [3.8, 4) is 33.6 Å². The van der Waals surface area contributed by atoms with Crippen molar-refractivity contribution in [3.63, 3.8) is 0 Å². The van der Waals surface area contributed by atoms with Crippen molar-refractivity contribution in [3.05, 3.63) is 211 Å². The number of pyridine rings is 2. The number of hydrogen-bond donors (Lipinski definition) is 2. The van der Waals surface area contributed by atoms with E-state index in [0.29, 0.717) is 11.4 Å². The minimum Gasteiger partial charge on any atom is -0.398 e. The van der Waals surface area contributed by atoms with Gasteiger partial charge in [0.2, 0.25) is 0 Å². The first kappa shape index (κ1) is 33.9. The number of hydrogen-bond acceptors (Lipinski definition) is 4. The molecule has 0 aliphatic carbocycles. The molecule has 4 nitrogen and oxygen atoms in total. The van der Waals surface area contributed by atoms with Crippen molar-refractivity contribution < 1.29 is 0 Å². The number of aryl methyl sites for hydroxylation is 1. The van der Waals surface area contributed by atoms with Gasteiger partial charge in [-0.05, 0) is 58.2 Å². The van der Waals surface area contributed by atoms with E-state index in [9.17, 15) is 0 Å². The molecule has 7 aromatic carbocycles. The third kappa shape index (κ3) is 7.27. The fraction of sp³-hybridized carbons (Fsp3) is 0.0200. The summed E-state index contributed by atoms with van der Waals surface area (Å²) in [6.45, 7) is 2.10.